The van der Waals surface area contributed by atoms with E-state index in [4.69, 9.17) is 0 Å². The Kier molecular flexibility index (Phi) is 4.57. The molecule has 1 aliphatic carbocycles. The number of aromatic nitrogens is 2. The highest BCUT2D eigenvalue weighted by Gasteiger charge is 2.29. The van der Waals surface area contributed by atoms with Crippen LogP contribution in [0, 0.1) is 0 Å². The molecule has 0 bridgehead atoms. The Balaban J connectivity index is 1.35. The molecule has 1 atom stereocenters. The lowest BCUT2D eigenvalue weighted by Crippen LogP contribution is -2.46. The van der Waals surface area contributed by atoms with E-state index in [9.17, 15) is 4.79 Å². The molecule has 5 nitrogen and oxygen atoms in total. The summed E-state index contributed by atoms with van der Waals surface area (Å²) in [5, 5.41) is 7.25. The molecule has 1 aromatic carbocycles. The van der Waals surface area contributed by atoms with E-state index >= 15 is 0 Å². The number of hydrogen-bond acceptors (Lipinski definition) is 3. The lowest BCUT2D eigenvalue weighted by atomic mass is 9.86. The monoisotopic (exact) mass is 338 g/mol. The first-order valence-corrected chi connectivity index (χ1v) is 9.32. The number of nitrogens with one attached hydrogen (secondary N) is 1. The zero-order chi connectivity index (χ0) is 17.2. The summed E-state index contributed by atoms with van der Waals surface area (Å²) < 4.78 is 1.66. The maximum absolute atomic E-state index is 12.3. The number of aryl methyl sites for hydroxylation is 2. The molecular weight excluding hydrogens is 312 g/mol. The van der Waals surface area contributed by atoms with Crippen LogP contribution in [0.3, 0.4) is 0 Å². The summed E-state index contributed by atoms with van der Waals surface area (Å²) in [4.78, 5) is 14.9. The van der Waals surface area contributed by atoms with Gasteiger partial charge in [0.1, 0.15) is 0 Å². The third-order valence-corrected chi connectivity index (χ3v) is 5.61. The Morgan fingerprint density at radius 3 is 2.76 bits per heavy atom. The van der Waals surface area contributed by atoms with Gasteiger partial charge in [-0.05, 0) is 43.2 Å². The number of rotatable bonds is 3. The van der Waals surface area contributed by atoms with Gasteiger partial charge in [0.05, 0.1) is 11.8 Å². The smallest absolute Gasteiger partial charge is 0.254 e. The number of piperidine rings is 1. The van der Waals surface area contributed by atoms with Gasteiger partial charge in [0.15, 0.2) is 0 Å². The largest absolute Gasteiger partial charge is 0.349 e. The van der Waals surface area contributed by atoms with Crippen molar-refractivity contribution >= 4 is 5.91 Å². The molecule has 4 rings (SSSR count). The predicted octanol–water partition coefficient (Wildman–Crippen LogP) is 2.69. The lowest BCUT2D eigenvalue weighted by molar-refractivity contribution is 0.0881. The molecule has 1 N–H and O–H groups in total. The number of carbonyl (C=O) groups is 1. The number of likely N-dealkylation sites (tertiary alicyclic amines) is 1. The van der Waals surface area contributed by atoms with Gasteiger partial charge in [0.25, 0.3) is 5.91 Å². The number of fused-ring (bicyclic) bond motifs is 1. The van der Waals surface area contributed by atoms with E-state index in [-0.39, 0.29) is 11.9 Å². The number of nitrogens with zero attached hydrogens (tertiary/aromatic N) is 3. The average molecular weight is 338 g/mol. The highest BCUT2D eigenvalue weighted by molar-refractivity contribution is 5.93. The molecule has 1 unspecified atom stereocenters. The second kappa shape index (κ2) is 7.00. The molecule has 132 valence electrons. The Bertz CT molecular complexity index is 746. The fourth-order valence-corrected chi connectivity index (χ4v) is 4.27. The summed E-state index contributed by atoms with van der Waals surface area (Å²) in [5.41, 5.74) is 3.68. The summed E-state index contributed by atoms with van der Waals surface area (Å²) >= 11 is 0. The zero-order valence-electron chi connectivity index (χ0n) is 14.8. The third kappa shape index (κ3) is 3.47. The normalized spacial score (nSPS) is 21.7. The second-order valence-corrected chi connectivity index (χ2v) is 7.29. The van der Waals surface area contributed by atoms with Crippen LogP contribution in [0.1, 0.15) is 53.2 Å². The second-order valence-electron chi connectivity index (χ2n) is 7.29. The molecule has 0 saturated carbocycles. The van der Waals surface area contributed by atoms with Crippen LogP contribution in [-0.2, 0) is 13.5 Å². The van der Waals surface area contributed by atoms with Crippen LogP contribution in [0.15, 0.2) is 36.7 Å². The van der Waals surface area contributed by atoms with Gasteiger partial charge in [-0.2, -0.15) is 5.10 Å². The Hall–Kier alpha value is -2.14. The molecule has 2 heterocycles. The molecule has 0 radical (unpaired) electrons. The first-order valence-electron chi connectivity index (χ1n) is 9.32. The topological polar surface area (TPSA) is 50.2 Å². The van der Waals surface area contributed by atoms with Crippen molar-refractivity contribution in [3.63, 3.8) is 0 Å². The maximum atomic E-state index is 12.3. The number of hydrogen-bond donors (Lipinski definition) is 1. The molecule has 25 heavy (non-hydrogen) atoms. The van der Waals surface area contributed by atoms with Crippen LogP contribution < -0.4 is 5.32 Å². The van der Waals surface area contributed by atoms with E-state index < -0.39 is 0 Å². The molecule has 2 aliphatic rings. The van der Waals surface area contributed by atoms with Crippen LogP contribution in [0.25, 0.3) is 0 Å². The zero-order valence-corrected chi connectivity index (χ0v) is 14.8. The van der Waals surface area contributed by atoms with Gasteiger partial charge >= 0.3 is 0 Å². The Morgan fingerprint density at radius 2 is 2.00 bits per heavy atom. The summed E-state index contributed by atoms with van der Waals surface area (Å²) in [6, 6.07) is 9.72. The minimum atomic E-state index is -0.00504. The minimum Gasteiger partial charge on any atom is -0.349 e. The van der Waals surface area contributed by atoms with Crippen LogP contribution in [-0.4, -0.2) is 39.7 Å². The van der Waals surface area contributed by atoms with Gasteiger partial charge in [-0.3, -0.25) is 14.4 Å². The fraction of sp³-hybridized carbons (Fsp3) is 0.500. The predicted molar refractivity (Wildman–Crippen MR) is 97.4 cm³/mol. The van der Waals surface area contributed by atoms with Gasteiger partial charge in [0, 0.05) is 38.4 Å². The molecule has 5 heteroatoms. The molecule has 1 saturated heterocycles. The van der Waals surface area contributed by atoms with Crippen LogP contribution in [0.4, 0.5) is 0 Å². The van der Waals surface area contributed by atoms with Crippen LogP contribution >= 0.6 is 0 Å². The SMILES string of the molecule is Cn1cc(C(=O)NC2CCN(C3CCCc4ccccc43)CC2)cn1. The number of amides is 1. The van der Waals surface area contributed by atoms with Gasteiger partial charge in [-0.1, -0.05) is 24.3 Å². The molecular formula is C20H26N4O. The Morgan fingerprint density at radius 1 is 1.20 bits per heavy atom. The quantitative estimate of drug-likeness (QED) is 0.936. The van der Waals surface area contributed by atoms with Crippen molar-refractivity contribution in [1.29, 1.82) is 0 Å². The standard InChI is InChI=1S/C20H26N4O/c1-23-14-16(13-21-23)20(25)22-17-9-11-24(12-10-17)19-8-4-6-15-5-2-3-7-18(15)19/h2-3,5,7,13-14,17,19H,4,6,8-12H2,1H3,(H,22,25). The van der Waals surface area contributed by atoms with Crippen molar-refractivity contribution in [1.82, 2.24) is 20.0 Å². The molecule has 1 amide bonds. The van der Waals surface area contributed by atoms with E-state index in [1.54, 1.807) is 17.1 Å². The molecule has 1 fully saturated rings. The number of benzene rings is 1. The molecule has 1 aliphatic heterocycles. The van der Waals surface area contributed by atoms with Crippen LogP contribution in [0.2, 0.25) is 0 Å². The highest BCUT2D eigenvalue weighted by Crippen LogP contribution is 2.35. The van der Waals surface area contributed by atoms with Gasteiger partial charge in [0.2, 0.25) is 0 Å². The minimum absolute atomic E-state index is 0.00504. The van der Waals surface area contributed by atoms with E-state index in [0.29, 0.717) is 11.6 Å². The van der Waals surface area contributed by atoms with E-state index in [2.05, 4.69) is 39.6 Å². The van der Waals surface area contributed by atoms with Crippen molar-refractivity contribution in [2.24, 2.45) is 7.05 Å². The first-order chi connectivity index (χ1) is 12.2. The maximum Gasteiger partial charge on any atom is 0.254 e. The lowest BCUT2D eigenvalue weighted by Gasteiger charge is -2.40. The van der Waals surface area contributed by atoms with Gasteiger partial charge in [-0.15, -0.1) is 0 Å². The van der Waals surface area contributed by atoms with E-state index in [1.165, 1.54) is 30.4 Å². The first kappa shape index (κ1) is 16.3. The molecule has 0 spiro atoms. The summed E-state index contributed by atoms with van der Waals surface area (Å²) in [7, 11) is 1.83. The highest BCUT2D eigenvalue weighted by atomic mass is 16.1. The summed E-state index contributed by atoms with van der Waals surface area (Å²) in [5.74, 6) is -0.00504. The van der Waals surface area contributed by atoms with Gasteiger partial charge in [-0.25, -0.2) is 0 Å². The van der Waals surface area contributed by atoms with Crippen molar-refractivity contribution in [2.75, 3.05) is 13.1 Å². The van der Waals surface area contributed by atoms with Crippen molar-refractivity contribution in [2.45, 2.75) is 44.2 Å². The molecule has 1 aromatic heterocycles. The fourth-order valence-electron chi connectivity index (χ4n) is 4.27. The number of carbonyl (C=O) groups excluding carboxylic acids is 1. The molecule has 2 aromatic rings. The van der Waals surface area contributed by atoms with Crippen LogP contribution in [0.5, 0.6) is 0 Å². The third-order valence-electron chi connectivity index (χ3n) is 5.61. The summed E-state index contributed by atoms with van der Waals surface area (Å²) in [6.07, 6.45) is 9.18. The van der Waals surface area contributed by atoms with Crippen molar-refractivity contribution in [3.05, 3.63) is 53.3 Å². The van der Waals surface area contributed by atoms with Crippen molar-refractivity contribution in [3.8, 4) is 0 Å². The van der Waals surface area contributed by atoms with Crippen molar-refractivity contribution < 1.29 is 4.79 Å². The van der Waals surface area contributed by atoms with Gasteiger partial charge < -0.3 is 5.32 Å². The summed E-state index contributed by atoms with van der Waals surface area (Å²) in [6.45, 7) is 2.11. The Labute approximate surface area is 149 Å². The van der Waals surface area contributed by atoms with E-state index in [0.717, 1.165) is 25.9 Å². The average Bonchev–Trinajstić information content (AvgIpc) is 3.08. The van der Waals surface area contributed by atoms with E-state index in [1.807, 2.05) is 7.05 Å².